The number of carboxylic acid groups (broad SMARTS) is 3. The Morgan fingerprint density at radius 3 is 0.696 bits per heavy atom. The molecule has 12 nitrogen and oxygen atoms in total. The van der Waals surface area contributed by atoms with Gasteiger partial charge in [-0.1, -0.05) is 62.3 Å². The summed E-state index contributed by atoms with van der Waals surface area (Å²) in [5.74, 6) is -5.19. The van der Waals surface area contributed by atoms with Gasteiger partial charge in [0.15, 0.2) is 17.3 Å². The van der Waals surface area contributed by atoms with E-state index in [2.05, 4.69) is 0 Å². The molecule has 264 valence electrons. The molecule has 0 amide bonds. The summed E-state index contributed by atoms with van der Waals surface area (Å²) < 4.78 is 16.5. The average molecular weight is 735 g/mol. The standard InChI is InChI=1S/3C11H20O4.Y/c3*1-4-7-15-11(5-2,6-3)9(12)8-10(13)14;/h3*4-8H2,1-3H3,(H,13,14);/q;;;+3/p-3. The molecule has 0 aromatic rings. The van der Waals surface area contributed by atoms with Crippen LogP contribution in [0.5, 0.6) is 0 Å². The van der Waals surface area contributed by atoms with Gasteiger partial charge >= 0.3 is 32.7 Å². The second kappa shape index (κ2) is 28.4. The zero-order chi connectivity index (χ0) is 35.7. The molecule has 0 atom stereocenters. The minimum absolute atomic E-state index is 0. The van der Waals surface area contributed by atoms with Gasteiger partial charge in [0.1, 0.15) is 16.8 Å². The molecular weight excluding hydrogens is 677 g/mol. The number of Topliss-reactive ketones (excluding diaryl/α,β-unsaturated/α-hetero) is 3. The first kappa shape index (κ1) is 51.2. The van der Waals surface area contributed by atoms with Gasteiger partial charge in [-0.3, -0.25) is 14.4 Å². The third-order valence-corrected chi connectivity index (χ3v) is 7.61. The second-order valence-electron chi connectivity index (χ2n) is 10.6. The van der Waals surface area contributed by atoms with E-state index >= 15 is 0 Å². The number of hydrogen-bond acceptors (Lipinski definition) is 12. The second-order valence-corrected chi connectivity index (χ2v) is 10.6. The molecule has 0 fully saturated rings. The SMILES string of the molecule is CCCOC(CC)(CC)C(=O)CC(=O)[O-].CCCOC(CC)(CC)C(=O)CC(=O)[O-].CCCOC(CC)(CC)C(=O)CC(=O)[O-].[Y+3]. The number of carboxylic acids is 3. The molecule has 0 saturated heterocycles. The molecule has 13 heteroatoms. The minimum atomic E-state index is -1.34. The van der Waals surface area contributed by atoms with E-state index in [9.17, 15) is 44.1 Å². The van der Waals surface area contributed by atoms with E-state index in [1.807, 2.05) is 62.3 Å². The van der Waals surface area contributed by atoms with Crippen LogP contribution in [0.3, 0.4) is 0 Å². The van der Waals surface area contributed by atoms with Crippen molar-refractivity contribution in [3.63, 3.8) is 0 Å². The predicted molar refractivity (Wildman–Crippen MR) is 163 cm³/mol. The van der Waals surface area contributed by atoms with E-state index < -0.39 is 54.0 Å². The van der Waals surface area contributed by atoms with Crippen LogP contribution in [0.4, 0.5) is 0 Å². The van der Waals surface area contributed by atoms with E-state index in [-0.39, 0.29) is 50.1 Å². The van der Waals surface area contributed by atoms with Crippen LogP contribution in [-0.2, 0) is 75.7 Å². The first-order valence-corrected chi connectivity index (χ1v) is 16.2. The van der Waals surface area contributed by atoms with Crippen molar-refractivity contribution >= 4 is 35.3 Å². The smallest absolute Gasteiger partial charge is 0.550 e. The molecule has 0 aromatic carbocycles. The largest absolute Gasteiger partial charge is 3.00 e. The third kappa shape index (κ3) is 19.3. The number of ketones is 3. The molecule has 0 heterocycles. The molecule has 0 spiro atoms. The van der Waals surface area contributed by atoms with Gasteiger partial charge in [0.05, 0.1) is 0 Å². The van der Waals surface area contributed by atoms with Gasteiger partial charge in [0.25, 0.3) is 0 Å². The Morgan fingerprint density at radius 2 is 0.587 bits per heavy atom. The molecular formula is C33H57O12Y. The fourth-order valence-corrected chi connectivity index (χ4v) is 4.56. The van der Waals surface area contributed by atoms with Crippen molar-refractivity contribution in [1.82, 2.24) is 0 Å². The number of ether oxygens (including phenoxy) is 3. The number of rotatable bonds is 24. The molecule has 46 heavy (non-hydrogen) atoms. The molecule has 0 aromatic heterocycles. The molecule has 0 bridgehead atoms. The Hall–Kier alpha value is -1.60. The Bertz CT molecular complexity index is 777. The Balaban J connectivity index is -0.000000285. The fraction of sp³-hybridized carbons (Fsp3) is 0.818. The van der Waals surface area contributed by atoms with Crippen LogP contribution >= 0.6 is 0 Å². The maximum atomic E-state index is 11.7. The van der Waals surface area contributed by atoms with E-state index in [4.69, 9.17) is 14.2 Å². The van der Waals surface area contributed by atoms with E-state index in [1.54, 1.807) is 0 Å². The van der Waals surface area contributed by atoms with Gasteiger partial charge in [-0.15, -0.1) is 0 Å². The van der Waals surface area contributed by atoms with Crippen molar-refractivity contribution in [2.45, 2.75) is 156 Å². The van der Waals surface area contributed by atoms with Crippen molar-refractivity contribution in [1.29, 1.82) is 0 Å². The molecule has 0 aliphatic carbocycles. The van der Waals surface area contributed by atoms with Crippen molar-refractivity contribution in [2.24, 2.45) is 0 Å². The zero-order valence-electron chi connectivity index (χ0n) is 29.6. The zero-order valence-corrected chi connectivity index (χ0v) is 32.4. The van der Waals surface area contributed by atoms with Crippen molar-refractivity contribution in [3.8, 4) is 0 Å². The number of aliphatic carboxylic acids is 3. The van der Waals surface area contributed by atoms with Gasteiger partial charge in [-0.2, -0.15) is 0 Å². The van der Waals surface area contributed by atoms with Crippen LogP contribution < -0.4 is 15.3 Å². The van der Waals surface area contributed by atoms with Gasteiger partial charge in [-0.25, -0.2) is 0 Å². The van der Waals surface area contributed by atoms with Crippen LogP contribution in [0.25, 0.3) is 0 Å². The summed E-state index contributed by atoms with van der Waals surface area (Å²) in [6.07, 6.45) is 3.70. The first-order chi connectivity index (χ1) is 21.1. The summed E-state index contributed by atoms with van der Waals surface area (Å²) in [5, 5.41) is 31.1. The summed E-state index contributed by atoms with van der Waals surface area (Å²) >= 11 is 0. The van der Waals surface area contributed by atoms with E-state index in [0.717, 1.165) is 19.3 Å². The Kier molecular flexibility index (Phi) is 31.7. The average Bonchev–Trinajstić information content (AvgIpc) is 2.99. The predicted octanol–water partition coefficient (Wildman–Crippen LogP) is 2.04. The fourth-order valence-electron chi connectivity index (χ4n) is 4.56. The third-order valence-electron chi connectivity index (χ3n) is 7.61. The molecule has 0 aliphatic rings. The van der Waals surface area contributed by atoms with Gasteiger partial charge in [0, 0.05) is 57.0 Å². The van der Waals surface area contributed by atoms with Crippen LogP contribution in [0.15, 0.2) is 0 Å². The van der Waals surface area contributed by atoms with Crippen LogP contribution in [-0.4, -0.2) is 71.9 Å². The van der Waals surface area contributed by atoms with Crippen molar-refractivity contribution < 1.29 is 91.0 Å². The molecule has 0 saturated carbocycles. The summed E-state index contributed by atoms with van der Waals surface area (Å²) in [4.78, 5) is 66.2. The normalized spacial score (nSPS) is 11.2. The summed E-state index contributed by atoms with van der Waals surface area (Å²) in [6, 6.07) is 0. The van der Waals surface area contributed by atoms with Crippen LogP contribution in [0.1, 0.15) is 139 Å². The summed E-state index contributed by atoms with van der Waals surface area (Å²) in [6.45, 7) is 18.2. The Morgan fingerprint density at radius 1 is 0.413 bits per heavy atom. The molecule has 0 radical (unpaired) electrons. The van der Waals surface area contributed by atoms with Gasteiger partial charge in [0.2, 0.25) is 0 Å². The number of hydrogen-bond donors (Lipinski definition) is 0. The molecule has 0 N–H and O–H groups in total. The molecule has 0 aliphatic heterocycles. The van der Waals surface area contributed by atoms with Gasteiger partial charge in [-0.05, 0) is 57.8 Å². The quantitative estimate of drug-likeness (QED) is 0.131. The first-order valence-electron chi connectivity index (χ1n) is 16.2. The van der Waals surface area contributed by atoms with E-state index in [0.29, 0.717) is 58.3 Å². The van der Waals surface area contributed by atoms with Crippen molar-refractivity contribution in [2.75, 3.05) is 19.8 Å². The maximum absolute atomic E-state index is 11.7. The molecule has 0 unspecified atom stereocenters. The molecule has 0 rings (SSSR count). The van der Waals surface area contributed by atoms with Crippen LogP contribution in [0.2, 0.25) is 0 Å². The van der Waals surface area contributed by atoms with Crippen LogP contribution in [0, 0.1) is 0 Å². The summed E-state index contributed by atoms with van der Waals surface area (Å²) in [7, 11) is 0. The number of carbonyl (C=O) groups excluding carboxylic acids is 6. The summed E-state index contributed by atoms with van der Waals surface area (Å²) in [5.41, 5.74) is -2.80. The minimum Gasteiger partial charge on any atom is -0.550 e. The number of carbonyl (C=O) groups is 6. The van der Waals surface area contributed by atoms with Crippen molar-refractivity contribution in [3.05, 3.63) is 0 Å². The van der Waals surface area contributed by atoms with Gasteiger partial charge < -0.3 is 43.9 Å². The maximum Gasteiger partial charge on any atom is 3.00 e. The monoisotopic (exact) mass is 734 g/mol. The Labute approximate surface area is 301 Å². The van der Waals surface area contributed by atoms with E-state index in [1.165, 1.54) is 0 Å². The topological polar surface area (TPSA) is 199 Å².